The highest BCUT2D eigenvalue weighted by Gasteiger charge is 2.12. The molecule has 0 aliphatic carbocycles. The molecule has 1 aromatic heterocycles. The summed E-state index contributed by atoms with van der Waals surface area (Å²) in [7, 11) is 0. The van der Waals surface area contributed by atoms with Gasteiger partial charge in [-0.25, -0.2) is 0 Å². The number of hydrogen-bond donors (Lipinski definition) is 2. The first-order chi connectivity index (χ1) is 7.04. The lowest BCUT2D eigenvalue weighted by molar-refractivity contribution is -0.121. The monoisotopic (exact) mass is 209 g/mol. The van der Waals surface area contributed by atoms with Crippen LogP contribution in [0.15, 0.2) is 0 Å². The molecule has 1 atom stereocenters. The summed E-state index contributed by atoms with van der Waals surface area (Å²) in [6.45, 7) is 7.91. The number of aromatic nitrogens is 2. The number of carbonyl (C=O) groups excluding carboxylic acids is 1. The van der Waals surface area contributed by atoms with Crippen molar-refractivity contribution in [3.05, 3.63) is 17.0 Å². The summed E-state index contributed by atoms with van der Waals surface area (Å²) in [6, 6.07) is 0.241. The Labute approximate surface area is 90.5 Å². The van der Waals surface area contributed by atoms with Gasteiger partial charge in [-0.3, -0.25) is 9.89 Å². The van der Waals surface area contributed by atoms with Gasteiger partial charge in [-0.1, -0.05) is 6.92 Å². The molecule has 4 nitrogen and oxygen atoms in total. The minimum Gasteiger partial charge on any atom is -0.353 e. The molecule has 0 aliphatic rings. The molecule has 0 saturated heterocycles. The van der Waals surface area contributed by atoms with Crippen molar-refractivity contribution in [3.63, 3.8) is 0 Å². The molecule has 0 fully saturated rings. The van der Waals surface area contributed by atoms with Crippen LogP contribution in [0, 0.1) is 13.8 Å². The fourth-order valence-corrected chi connectivity index (χ4v) is 1.42. The maximum absolute atomic E-state index is 11.6. The normalized spacial score (nSPS) is 12.5. The van der Waals surface area contributed by atoms with E-state index in [1.54, 1.807) is 0 Å². The van der Waals surface area contributed by atoms with Gasteiger partial charge in [-0.15, -0.1) is 0 Å². The van der Waals surface area contributed by atoms with Crippen LogP contribution in [0.5, 0.6) is 0 Å². The van der Waals surface area contributed by atoms with E-state index < -0.39 is 0 Å². The van der Waals surface area contributed by atoms with Crippen molar-refractivity contribution in [1.82, 2.24) is 15.5 Å². The molecule has 1 heterocycles. The van der Waals surface area contributed by atoms with Crippen molar-refractivity contribution in [2.45, 2.75) is 46.6 Å². The van der Waals surface area contributed by atoms with Gasteiger partial charge in [0.1, 0.15) is 0 Å². The van der Waals surface area contributed by atoms with Crippen LogP contribution in [0.2, 0.25) is 0 Å². The molecule has 84 valence electrons. The first kappa shape index (κ1) is 11.8. The maximum Gasteiger partial charge on any atom is 0.224 e. The fraction of sp³-hybridized carbons (Fsp3) is 0.636. The van der Waals surface area contributed by atoms with Crippen molar-refractivity contribution < 1.29 is 4.79 Å². The van der Waals surface area contributed by atoms with Gasteiger partial charge < -0.3 is 5.32 Å². The summed E-state index contributed by atoms with van der Waals surface area (Å²) in [5.41, 5.74) is 2.90. The highest BCUT2D eigenvalue weighted by atomic mass is 16.1. The Balaban J connectivity index is 2.59. The summed E-state index contributed by atoms with van der Waals surface area (Å²) in [4.78, 5) is 11.6. The number of nitrogens with zero attached hydrogens (tertiary/aromatic N) is 1. The standard InChI is InChI=1S/C11H19N3O/c1-5-7(2)12-11(15)6-10-8(3)13-14-9(10)4/h7H,5-6H2,1-4H3,(H,12,15)(H,13,14). The lowest BCUT2D eigenvalue weighted by Gasteiger charge is -2.11. The lowest BCUT2D eigenvalue weighted by atomic mass is 10.1. The molecule has 4 heteroatoms. The minimum absolute atomic E-state index is 0.0666. The summed E-state index contributed by atoms with van der Waals surface area (Å²) >= 11 is 0. The fourth-order valence-electron chi connectivity index (χ4n) is 1.42. The molecular formula is C11H19N3O. The largest absolute Gasteiger partial charge is 0.353 e. The Hall–Kier alpha value is -1.32. The average molecular weight is 209 g/mol. The van der Waals surface area contributed by atoms with Gasteiger partial charge in [-0.05, 0) is 27.2 Å². The van der Waals surface area contributed by atoms with E-state index in [-0.39, 0.29) is 11.9 Å². The Morgan fingerprint density at radius 3 is 2.67 bits per heavy atom. The van der Waals surface area contributed by atoms with Gasteiger partial charge in [0.05, 0.1) is 12.1 Å². The van der Waals surface area contributed by atoms with E-state index in [1.165, 1.54) is 0 Å². The van der Waals surface area contributed by atoms with Gasteiger partial charge in [0.15, 0.2) is 0 Å². The molecule has 0 radical (unpaired) electrons. The quantitative estimate of drug-likeness (QED) is 0.789. The second-order valence-electron chi connectivity index (χ2n) is 3.97. The van der Waals surface area contributed by atoms with Crippen LogP contribution < -0.4 is 5.32 Å². The predicted molar refractivity (Wildman–Crippen MR) is 59.7 cm³/mol. The Bertz CT molecular complexity index is 324. The van der Waals surface area contributed by atoms with Gasteiger partial charge in [0.2, 0.25) is 5.91 Å². The van der Waals surface area contributed by atoms with Crippen LogP contribution in [-0.4, -0.2) is 22.1 Å². The maximum atomic E-state index is 11.6. The van der Waals surface area contributed by atoms with Crippen molar-refractivity contribution >= 4 is 5.91 Å². The highest BCUT2D eigenvalue weighted by Crippen LogP contribution is 2.09. The molecule has 1 aromatic rings. The van der Waals surface area contributed by atoms with Crippen LogP contribution in [0.4, 0.5) is 0 Å². The summed E-state index contributed by atoms with van der Waals surface area (Å²) in [6.07, 6.45) is 1.37. The van der Waals surface area contributed by atoms with Crippen molar-refractivity contribution in [2.75, 3.05) is 0 Å². The third-order valence-corrected chi connectivity index (χ3v) is 2.64. The van der Waals surface area contributed by atoms with Gasteiger partial charge in [-0.2, -0.15) is 5.10 Å². The third-order valence-electron chi connectivity index (χ3n) is 2.64. The van der Waals surface area contributed by atoms with Gasteiger partial charge in [0.25, 0.3) is 0 Å². The molecule has 1 unspecified atom stereocenters. The number of aryl methyl sites for hydroxylation is 2. The zero-order valence-corrected chi connectivity index (χ0v) is 9.85. The Kier molecular flexibility index (Phi) is 3.88. The Morgan fingerprint density at radius 1 is 1.53 bits per heavy atom. The Morgan fingerprint density at radius 2 is 2.20 bits per heavy atom. The third kappa shape index (κ3) is 3.08. The number of aromatic amines is 1. The number of nitrogens with one attached hydrogen (secondary N) is 2. The van der Waals surface area contributed by atoms with Crippen LogP contribution in [0.25, 0.3) is 0 Å². The summed E-state index contributed by atoms with van der Waals surface area (Å²) < 4.78 is 0. The zero-order chi connectivity index (χ0) is 11.4. The number of H-pyrrole nitrogens is 1. The van der Waals surface area contributed by atoms with Gasteiger partial charge in [0, 0.05) is 17.3 Å². The van der Waals surface area contributed by atoms with Crippen LogP contribution in [-0.2, 0) is 11.2 Å². The van der Waals surface area contributed by atoms with E-state index >= 15 is 0 Å². The summed E-state index contributed by atoms with van der Waals surface area (Å²) in [5.74, 6) is 0.0666. The second-order valence-corrected chi connectivity index (χ2v) is 3.97. The average Bonchev–Trinajstić information content (AvgIpc) is 2.49. The van der Waals surface area contributed by atoms with Crippen molar-refractivity contribution in [3.8, 4) is 0 Å². The predicted octanol–water partition coefficient (Wildman–Crippen LogP) is 1.48. The molecule has 0 aliphatic heterocycles. The second kappa shape index (κ2) is 4.96. The van der Waals surface area contributed by atoms with Crippen molar-refractivity contribution in [1.29, 1.82) is 0 Å². The zero-order valence-electron chi connectivity index (χ0n) is 9.85. The first-order valence-electron chi connectivity index (χ1n) is 5.34. The number of carbonyl (C=O) groups is 1. The SMILES string of the molecule is CCC(C)NC(=O)Cc1c(C)n[nH]c1C. The smallest absolute Gasteiger partial charge is 0.224 e. The lowest BCUT2D eigenvalue weighted by Crippen LogP contribution is -2.33. The van der Waals surface area contributed by atoms with E-state index in [1.807, 2.05) is 20.8 Å². The molecule has 15 heavy (non-hydrogen) atoms. The van der Waals surface area contributed by atoms with Crippen LogP contribution >= 0.6 is 0 Å². The number of rotatable bonds is 4. The van der Waals surface area contributed by atoms with E-state index in [4.69, 9.17) is 0 Å². The minimum atomic E-state index is 0.0666. The van der Waals surface area contributed by atoms with E-state index in [0.29, 0.717) is 6.42 Å². The first-order valence-corrected chi connectivity index (χ1v) is 5.34. The van der Waals surface area contributed by atoms with Crippen LogP contribution in [0.1, 0.15) is 37.2 Å². The molecule has 2 N–H and O–H groups in total. The molecule has 0 spiro atoms. The summed E-state index contributed by atoms with van der Waals surface area (Å²) in [5, 5.41) is 9.88. The topological polar surface area (TPSA) is 57.8 Å². The number of hydrogen-bond acceptors (Lipinski definition) is 2. The number of amides is 1. The molecule has 0 saturated carbocycles. The van der Waals surface area contributed by atoms with E-state index in [0.717, 1.165) is 23.4 Å². The van der Waals surface area contributed by atoms with Crippen LogP contribution in [0.3, 0.4) is 0 Å². The molecule has 1 rings (SSSR count). The van der Waals surface area contributed by atoms with E-state index in [2.05, 4.69) is 22.4 Å². The molecule has 0 aromatic carbocycles. The molecular weight excluding hydrogens is 190 g/mol. The van der Waals surface area contributed by atoms with Crippen molar-refractivity contribution in [2.24, 2.45) is 0 Å². The van der Waals surface area contributed by atoms with Gasteiger partial charge >= 0.3 is 0 Å². The molecule has 1 amide bonds. The van der Waals surface area contributed by atoms with E-state index in [9.17, 15) is 4.79 Å². The molecule has 0 bridgehead atoms. The highest BCUT2D eigenvalue weighted by molar-refractivity contribution is 5.79.